The molecule has 1 atom stereocenters. The fourth-order valence-corrected chi connectivity index (χ4v) is 4.27. The number of benzene rings is 1. The molecule has 2 saturated heterocycles. The number of carbonyl (C=O) groups is 1. The molecular weight excluding hydrogens is 350 g/mol. The zero-order valence-corrected chi connectivity index (χ0v) is 17.7. The summed E-state index contributed by atoms with van der Waals surface area (Å²) in [4.78, 5) is 23.3. The molecule has 0 aliphatic carbocycles. The van der Waals surface area contributed by atoms with Crippen LogP contribution < -0.4 is 5.32 Å². The number of nitrogens with zero attached hydrogens (tertiary/aromatic N) is 4. The molecule has 28 heavy (non-hydrogen) atoms. The van der Waals surface area contributed by atoms with Gasteiger partial charge in [-0.05, 0) is 62.4 Å². The maximum Gasteiger partial charge on any atom is 0.253 e. The second kappa shape index (κ2) is 9.92. The van der Waals surface area contributed by atoms with Gasteiger partial charge in [0.15, 0.2) is 5.96 Å². The molecule has 154 valence electrons. The van der Waals surface area contributed by atoms with E-state index in [1.807, 2.05) is 25.2 Å². The lowest BCUT2D eigenvalue weighted by atomic mass is 10.1. The Hall–Kier alpha value is -2.08. The Morgan fingerprint density at radius 2 is 2.04 bits per heavy atom. The predicted molar refractivity (Wildman–Crippen MR) is 115 cm³/mol. The highest BCUT2D eigenvalue weighted by atomic mass is 16.2. The lowest BCUT2D eigenvalue weighted by Crippen LogP contribution is -2.41. The summed E-state index contributed by atoms with van der Waals surface area (Å²) < 4.78 is 0. The van der Waals surface area contributed by atoms with Crippen LogP contribution in [0.4, 0.5) is 0 Å². The Kier molecular flexibility index (Phi) is 7.31. The fraction of sp³-hybridized carbons (Fsp3) is 0.636. The van der Waals surface area contributed by atoms with Gasteiger partial charge in [-0.3, -0.25) is 9.79 Å². The molecular formula is C22H35N5O. The molecule has 3 rings (SSSR count). The van der Waals surface area contributed by atoms with Gasteiger partial charge in [0.1, 0.15) is 0 Å². The van der Waals surface area contributed by atoms with Crippen molar-refractivity contribution in [3.8, 4) is 0 Å². The van der Waals surface area contributed by atoms with Crippen molar-refractivity contribution in [3.05, 3.63) is 35.4 Å². The topological polar surface area (TPSA) is 51.2 Å². The lowest BCUT2D eigenvalue weighted by Gasteiger charge is -2.23. The van der Waals surface area contributed by atoms with Gasteiger partial charge >= 0.3 is 0 Å². The van der Waals surface area contributed by atoms with Crippen molar-refractivity contribution in [2.24, 2.45) is 10.9 Å². The van der Waals surface area contributed by atoms with Crippen LogP contribution in [0.5, 0.6) is 0 Å². The molecule has 2 heterocycles. The van der Waals surface area contributed by atoms with Crippen LogP contribution in [0.15, 0.2) is 29.3 Å². The summed E-state index contributed by atoms with van der Waals surface area (Å²) in [5, 5.41) is 3.51. The van der Waals surface area contributed by atoms with Crippen molar-refractivity contribution in [2.45, 2.75) is 25.7 Å². The van der Waals surface area contributed by atoms with E-state index in [-0.39, 0.29) is 5.91 Å². The first-order valence-corrected chi connectivity index (χ1v) is 10.6. The summed E-state index contributed by atoms with van der Waals surface area (Å²) in [5.74, 6) is 1.81. The molecule has 6 heteroatoms. The number of amides is 1. The van der Waals surface area contributed by atoms with Gasteiger partial charge in [0.2, 0.25) is 0 Å². The lowest BCUT2D eigenvalue weighted by molar-refractivity contribution is 0.0827. The van der Waals surface area contributed by atoms with E-state index in [0.29, 0.717) is 0 Å². The number of nitrogens with one attached hydrogen (secondary N) is 1. The van der Waals surface area contributed by atoms with Gasteiger partial charge in [-0.1, -0.05) is 12.1 Å². The molecule has 1 aromatic carbocycles. The third-order valence-corrected chi connectivity index (χ3v) is 5.79. The molecule has 0 saturated carbocycles. The summed E-state index contributed by atoms with van der Waals surface area (Å²) in [6, 6.07) is 7.92. The van der Waals surface area contributed by atoms with Gasteiger partial charge in [0.05, 0.1) is 0 Å². The largest absolute Gasteiger partial charge is 0.356 e. The average molecular weight is 386 g/mol. The minimum absolute atomic E-state index is 0.0479. The molecule has 2 aliphatic heterocycles. The first-order chi connectivity index (χ1) is 13.6. The Morgan fingerprint density at radius 1 is 1.25 bits per heavy atom. The summed E-state index contributed by atoms with van der Waals surface area (Å²) in [6.45, 7) is 6.80. The van der Waals surface area contributed by atoms with Gasteiger partial charge in [0, 0.05) is 52.9 Å². The van der Waals surface area contributed by atoms with Crippen molar-refractivity contribution < 1.29 is 4.79 Å². The quantitative estimate of drug-likeness (QED) is 0.601. The Balaban J connectivity index is 1.46. The van der Waals surface area contributed by atoms with E-state index in [9.17, 15) is 4.79 Å². The summed E-state index contributed by atoms with van der Waals surface area (Å²) in [7, 11) is 5.44. The van der Waals surface area contributed by atoms with E-state index in [1.54, 1.807) is 19.0 Å². The molecule has 1 amide bonds. The molecule has 1 N–H and O–H groups in total. The highest BCUT2D eigenvalue weighted by Crippen LogP contribution is 2.20. The summed E-state index contributed by atoms with van der Waals surface area (Å²) in [5.41, 5.74) is 1.92. The molecule has 0 bridgehead atoms. The van der Waals surface area contributed by atoms with E-state index < -0.39 is 0 Å². The smallest absolute Gasteiger partial charge is 0.253 e. The zero-order valence-electron chi connectivity index (χ0n) is 17.7. The number of likely N-dealkylation sites (tertiary alicyclic amines) is 2. The minimum atomic E-state index is 0.0479. The highest BCUT2D eigenvalue weighted by Gasteiger charge is 2.27. The maximum atomic E-state index is 12.1. The van der Waals surface area contributed by atoms with Crippen molar-refractivity contribution in [1.29, 1.82) is 0 Å². The molecule has 0 aromatic heterocycles. The van der Waals surface area contributed by atoms with Crippen LogP contribution in [0, 0.1) is 5.92 Å². The van der Waals surface area contributed by atoms with Crippen molar-refractivity contribution in [1.82, 2.24) is 20.0 Å². The van der Waals surface area contributed by atoms with Crippen LogP contribution in [0.1, 0.15) is 35.2 Å². The van der Waals surface area contributed by atoms with E-state index >= 15 is 0 Å². The normalized spacial score (nSPS) is 20.6. The monoisotopic (exact) mass is 385 g/mol. The Bertz CT molecular complexity index is 681. The van der Waals surface area contributed by atoms with Gasteiger partial charge in [-0.2, -0.15) is 0 Å². The van der Waals surface area contributed by atoms with Crippen LogP contribution in [0.25, 0.3) is 0 Å². The van der Waals surface area contributed by atoms with Crippen LogP contribution in [-0.4, -0.2) is 87.0 Å². The van der Waals surface area contributed by atoms with E-state index in [1.165, 1.54) is 44.5 Å². The van der Waals surface area contributed by atoms with Crippen LogP contribution in [0.2, 0.25) is 0 Å². The zero-order chi connectivity index (χ0) is 19.9. The van der Waals surface area contributed by atoms with Gasteiger partial charge in [-0.25, -0.2) is 0 Å². The number of rotatable bonds is 6. The average Bonchev–Trinajstić information content (AvgIpc) is 3.37. The number of carbonyl (C=O) groups excluding carboxylic acids is 1. The van der Waals surface area contributed by atoms with Crippen molar-refractivity contribution in [3.63, 3.8) is 0 Å². The molecule has 1 unspecified atom stereocenters. The molecule has 2 fully saturated rings. The number of guanidine groups is 1. The number of hydrogen-bond acceptors (Lipinski definition) is 3. The SMILES string of the molecule is CN=C(NCCc1cccc(C(=O)N(C)C)c1)N1CCC(CN2CCCC2)C1. The first-order valence-electron chi connectivity index (χ1n) is 10.6. The Labute approximate surface area is 169 Å². The van der Waals surface area contributed by atoms with Gasteiger partial charge in [-0.15, -0.1) is 0 Å². The maximum absolute atomic E-state index is 12.1. The molecule has 0 radical (unpaired) electrons. The summed E-state index contributed by atoms with van der Waals surface area (Å²) >= 11 is 0. The molecule has 2 aliphatic rings. The molecule has 1 aromatic rings. The molecule has 0 spiro atoms. The van der Waals surface area contributed by atoms with Gasteiger partial charge < -0.3 is 20.0 Å². The van der Waals surface area contributed by atoms with Crippen LogP contribution in [-0.2, 0) is 6.42 Å². The molecule has 6 nitrogen and oxygen atoms in total. The summed E-state index contributed by atoms with van der Waals surface area (Å²) in [6.07, 6.45) is 4.85. The van der Waals surface area contributed by atoms with Crippen molar-refractivity contribution >= 4 is 11.9 Å². The predicted octanol–water partition coefficient (Wildman–Crippen LogP) is 1.92. The highest BCUT2D eigenvalue weighted by molar-refractivity contribution is 5.94. The number of aliphatic imine (C=N–C) groups is 1. The van der Waals surface area contributed by atoms with Crippen LogP contribution >= 0.6 is 0 Å². The second-order valence-electron chi connectivity index (χ2n) is 8.23. The van der Waals surface area contributed by atoms with Crippen molar-refractivity contribution in [2.75, 3.05) is 60.4 Å². The van der Waals surface area contributed by atoms with Crippen LogP contribution in [0.3, 0.4) is 0 Å². The standard InChI is InChI=1S/C22H35N5O/c1-23-22(27-14-10-19(17-27)16-26-12-4-5-13-26)24-11-9-18-7-6-8-20(15-18)21(28)25(2)3/h6-8,15,19H,4-5,9-14,16-17H2,1-3H3,(H,23,24). The number of hydrogen-bond donors (Lipinski definition) is 1. The fourth-order valence-electron chi connectivity index (χ4n) is 4.27. The first kappa shape index (κ1) is 20.6. The minimum Gasteiger partial charge on any atom is -0.356 e. The van der Waals surface area contributed by atoms with E-state index in [4.69, 9.17) is 0 Å². The van der Waals surface area contributed by atoms with E-state index in [2.05, 4.69) is 26.2 Å². The third kappa shape index (κ3) is 5.47. The Morgan fingerprint density at radius 3 is 2.75 bits per heavy atom. The van der Waals surface area contributed by atoms with E-state index in [0.717, 1.165) is 43.5 Å². The van der Waals surface area contributed by atoms with Gasteiger partial charge in [0.25, 0.3) is 5.91 Å². The third-order valence-electron chi connectivity index (χ3n) is 5.79. The second-order valence-corrected chi connectivity index (χ2v) is 8.23.